The minimum absolute atomic E-state index is 0.997. The third kappa shape index (κ3) is 3.85. The van der Waals surface area contributed by atoms with Crippen LogP contribution < -0.4 is 0 Å². The highest BCUT2D eigenvalue weighted by molar-refractivity contribution is 5.40. The fourth-order valence-electron chi connectivity index (χ4n) is 0.786. The van der Waals surface area contributed by atoms with Gasteiger partial charge in [0.2, 0.25) is 0 Å². The quantitative estimate of drug-likeness (QED) is 0.520. The van der Waals surface area contributed by atoms with Gasteiger partial charge in [-0.1, -0.05) is 36.1 Å². The van der Waals surface area contributed by atoms with Gasteiger partial charge in [0.1, 0.15) is 0 Å². The van der Waals surface area contributed by atoms with Crippen LogP contribution in [0.2, 0.25) is 0 Å². The van der Waals surface area contributed by atoms with Gasteiger partial charge >= 0.3 is 0 Å². The van der Waals surface area contributed by atoms with Gasteiger partial charge < -0.3 is 0 Å². The smallest absolute Gasteiger partial charge is 0.0255 e. The normalized spacial score (nSPS) is 8.38. The van der Waals surface area contributed by atoms with Crippen LogP contribution in [0.25, 0.3) is 0 Å². The van der Waals surface area contributed by atoms with Crippen molar-refractivity contribution in [1.29, 1.82) is 0 Å². The molecule has 0 aliphatic heterocycles. The highest BCUT2D eigenvalue weighted by atomic mass is 13.8. The zero-order valence-corrected chi connectivity index (χ0v) is 7.54. The molecule has 0 nitrogen and oxygen atoms in total. The molecule has 1 aromatic rings. The average Bonchev–Trinajstić information content (AvgIpc) is 2.19. The zero-order valence-electron chi connectivity index (χ0n) is 7.54. The predicted octanol–water partition coefficient (Wildman–Crippen LogP) is 2.62. The molecule has 0 heteroatoms. The Hall–Kier alpha value is -1.92. The number of hydrogen-bond donors (Lipinski definition) is 0. The summed E-state index contributed by atoms with van der Waals surface area (Å²) in [6.45, 7) is 1.93. The molecule has 0 saturated carbocycles. The first-order valence-corrected chi connectivity index (χ1v) is 4.11. The number of rotatable bonds is 0. The van der Waals surface area contributed by atoms with Crippen LogP contribution in [0.15, 0.2) is 42.5 Å². The van der Waals surface area contributed by atoms with Crippen LogP contribution in [0.4, 0.5) is 0 Å². The van der Waals surface area contributed by atoms with Crippen molar-refractivity contribution < 1.29 is 0 Å². The van der Waals surface area contributed by atoms with Crippen molar-refractivity contribution in [3.8, 4) is 23.7 Å². The molecule has 0 N–H and O–H groups in total. The van der Waals surface area contributed by atoms with Crippen molar-refractivity contribution in [2.45, 2.75) is 6.92 Å². The minimum atomic E-state index is 0.997. The molecular weight excluding hydrogens is 156 g/mol. The van der Waals surface area contributed by atoms with E-state index in [1.165, 1.54) is 0 Å². The largest absolute Gasteiger partial charge is 0.0792 e. The van der Waals surface area contributed by atoms with Crippen LogP contribution in [0.3, 0.4) is 0 Å². The molecule has 0 aliphatic rings. The van der Waals surface area contributed by atoms with E-state index in [1.54, 1.807) is 6.08 Å². The lowest BCUT2D eigenvalue weighted by molar-refractivity contribution is 1.65. The van der Waals surface area contributed by atoms with Gasteiger partial charge in [0.25, 0.3) is 0 Å². The van der Waals surface area contributed by atoms with Crippen LogP contribution in [-0.2, 0) is 0 Å². The lowest BCUT2D eigenvalue weighted by Gasteiger charge is -1.83. The summed E-state index contributed by atoms with van der Waals surface area (Å²) in [6.07, 6.45) is 3.66. The van der Waals surface area contributed by atoms with E-state index in [1.807, 2.05) is 43.3 Å². The molecule has 0 spiro atoms. The Morgan fingerprint density at radius 2 is 1.85 bits per heavy atom. The van der Waals surface area contributed by atoms with Crippen LogP contribution in [0.5, 0.6) is 0 Å². The van der Waals surface area contributed by atoms with Crippen LogP contribution >= 0.6 is 0 Å². The fraction of sp³-hybridized carbons (Fsp3) is 0.0769. The maximum absolute atomic E-state index is 2.95. The van der Waals surface area contributed by atoms with Crippen molar-refractivity contribution >= 4 is 0 Å². The lowest BCUT2D eigenvalue weighted by Crippen LogP contribution is -1.68. The van der Waals surface area contributed by atoms with Gasteiger partial charge in [0.05, 0.1) is 0 Å². The molecule has 1 aromatic carbocycles. The second kappa shape index (κ2) is 5.70. The van der Waals surface area contributed by atoms with Crippen LogP contribution in [0, 0.1) is 23.7 Å². The number of allylic oxidation sites excluding steroid dienone is 2. The summed E-state index contributed by atoms with van der Waals surface area (Å²) in [7, 11) is 0. The standard InChI is InChI=1S/C13H10/c1-2-3-4-5-7-10-13-11-8-6-9-12-13/h2-3,6,8-9,11-12H,1H3. The van der Waals surface area contributed by atoms with Gasteiger partial charge in [-0.25, -0.2) is 0 Å². The Kier molecular flexibility index (Phi) is 4.02. The van der Waals surface area contributed by atoms with Crippen molar-refractivity contribution in [2.75, 3.05) is 0 Å². The molecule has 0 fully saturated rings. The first-order chi connectivity index (χ1) is 6.43. The van der Waals surface area contributed by atoms with Gasteiger partial charge in [-0.05, 0) is 37.0 Å². The Morgan fingerprint density at radius 1 is 1.08 bits per heavy atom. The molecular formula is C13H10. The molecule has 0 atom stereocenters. The van der Waals surface area contributed by atoms with E-state index < -0.39 is 0 Å². The van der Waals surface area contributed by atoms with E-state index in [0.717, 1.165) is 5.56 Å². The van der Waals surface area contributed by atoms with E-state index in [-0.39, 0.29) is 0 Å². The summed E-state index contributed by atoms with van der Waals surface area (Å²) in [4.78, 5) is 0. The molecule has 0 unspecified atom stereocenters. The summed E-state index contributed by atoms with van der Waals surface area (Å²) in [5, 5.41) is 0. The number of hydrogen-bond acceptors (Lipinski definition) is 0. The summed E-state index contributed by atoms with van der Waals surface area (Å²) in [6, 6.07) is 9.82. The van der Waals surface area contributed by atoms with Gasteiger partial charge in [0.15, 0.2) is 0 Å². The first kappa shape index (κ1) is 9.17. The summed E-state index contributed by atoms with van der Waals surface area (Å²) in [5.74, 6) is 11.3. The Balaban J connectivity index is 2.65. The van der Waals surface area contributed by atoms with Gasteiger partial charge in [-0.15, -0.1) is 0 Å². The van der Waals surface area contributed by atoms with Crippen molar-refractivity contribution in [1.82, 2.24) is 0 Å². The molecule has 13 heavy (non-hydrogen) atoms. The van der Waals surface area contributed by atoms with Crippen LogP contribution in [0.1, 0.15) is 12.5 Å². The molecule has 0 bridgehead atoms. The highest BCUT2D eigenvalue weighted by Gasteiger charge is 1.78. The molecule has 0 aromatic heterocycles. The maximum Gasteiger partial charge on any atom is 0.0255 e. The topological polar surface area (TPSA) is 0 Å². The minimum Gasteiger partial charge on any atom is -0.0792 e. The lowest BCUT2D eigenvalue weighted by atomic mass is 10.2. The molecule has 0 saturated heterocycles. The second-order valence-electron chi connectivity index (χ2n) is 2.39. The van der Waals surface area contributed by atoms with E-state index >= 15 is 0 Å². The fourth-order valence-corrected chi connectivity index (χ4v) is 0.786. The molecule has 62 valence electrons. The van der Waals surface area contributed by atoms with Gasteiger partial charge in [-0.3, -0.25) is 0 Å². The highest BCUT2D eigenvalue weighted by Crippen LogP contribution is 1.93. The van der Waals surface area contributed by atoms with E-state index in [0.29, 0.717) is 0 Å². The summed E-state index contributed by atoms with van der Waals surface area (Å²) in [5.41, 5.74) is 0.997. The van der Waals surface area contributed by atoms with E-state index in [2.05, 4.69) is 23.7 Å². The molecule has 0 aliphatic carbocycles. The predicted molar refractivity (Wildman–Crippen MR) is 55.9 cm³/mol. The van der Waals surface area contributed by atoms with Gasteiger partial charge in [-0.2, -0.15) is 0 Å². The molecule has 0 heterocycles. The van der Waals surface area contributed by atoms with E-state index in [4.69, 9.17) is 0 Å². The summed E-state index contributed by atoms with van der Waals surface area (Å²) < 4.78 is 0. The third-order valence-electron chi connectivity index (χ3n) is 1.37. The maximum atomic E-state index is 2.95. The Morgan fingerprint density at radius 3 is 2.54 bits per heavy atom. The zero-order chi connectivity index (χ0) is 9.36. The summed E-state index contributed by atoms with van der Waals surface area (Å²) >= 11 is 0. The third-order valence-corrected chi connectivity index (χ3v) is 1.37. The van der Waals surface area contributed by atoms with Crippen LogP contribution in [-0.4, -0.2) is 0 Å². The monoisotopic (exact) mass is 166 g/mol. The SMILES string of the molecule is CC=CC#CC#Cc1ccccc1. The van der Waals surface area contributed by atoms with Crippen molar-refractivity contribution in [2.24, 2.45) is 0 Å². The average molecular weight is 166 g/mol. The van der Waals surface area contributed by atoms with Crippen molar-refractivity contribution in [3.63, 3.8) is 0 Å². The number of benzene rings is 1. The molecule has 0 radical (unpaired) electrons. The Bertz CT molecular complexity index is 388. The molecule has 0 amide bonds. The van der Waals surface area contributed by atoms with Gasteiger partial charge in [0, 0.05) is 5.56 Å². The first-order valence-electron chi connectivity index (χ1n) is 4.11. The second-order valence-corrected chi connectivity index (χ2v) is 2.39. The van der Waals surface area contributed by atoms with Crippen molar-refractivity contribution in [3.05, 3.63) is 48.0 Å². The Labute approximate surface area is 79.3 Å². The molecule has 1 rings (SSSR count). The van der Waals surface area contributed by atoms with E-state index in [9.17, 15) is 0 Å².